The van der Waals surface area contributed by atoms with Crippen LogP contribution in [0.15, 0.2) is 82.2 Å². The standard InChI is InChI=1S/C21H18O5/c22-19-12-18(14-26-21(23)11-16-7-3-1-4-8-16)24-15-20(19)25-13-17-9-5-2-6-10-17/h1-10,12,15H,11,13-14H2. The normalized spacial score (nSPS) is 10.3. The van der Waals surface area contributed by atoms with Gasteiger partial charge in [-0.15, -0.1) is 0 Å². The lowest BCUT2D eigenvalue weighted by Gasteiger charge is -2.07. The van der Waals surface area contributed by atoms with Gasteiger partial charge in [-0.25, -0.2) is 0 Å². The van der Waals surface area contributed by atoms with Gasteiger partial charge in [0.25, 0.3) is 0 Å². The van der Waals surface area contributed by atoms with E-state index in [4.69, 9.17) is 13.9 Å². The molecule has 1 heterocycles. The second-order valence-electron chi connectivity index (χ2n) is 5.67. The fourth-order valence-electron chi connectivity index (χ4n) is 2.32. The topological polar surface area (TPSA) is 65.7 Å². The highest BCUT2D eigenvalue weighted by Crippen LogP contribution is 2.10. The number of carbonyl (C=O) groups excluding carboxylic acids is 1. The van der Waals surface area contributed by atoms with Gasteiger partial charge in [-0.05, 0) is 11.1 Å². The minimum Gasteiger partial charge on any atom is -0.482 e. The molecule has 0 aliphatic rings. The van der Waals surface area contributed by atoms with Crippen LogP contribution in [-0.2, 0) is 29.2 Å². The Labute approximate surface area is 150 Å². The molecule has 0 spiro atoms. The first kappa shape index (κ1) is 17.5. The Hall–Kier alpha value is -3.34. The zero-order valence-electron chi connectivity index (χ0n) is 14.1. The van der Waals surface area contributed by atoms with Gasteiger partial charge in [-0.1, -0.05) is 60.7 Å². The molecule has 3 aromatic rings. The lowest BCUT2D eigenvalue weighted by molar-refractivity contribution is -0.144. The van der Waals surface area contributed by atoms with Crippen LogP contribution in [0.1, 0.15) is 16.9 Å². The molecule has 0 fully saturated rings. The van der Waals surface area contributed by atoms with Gasteiger partial charge >= 0.3 is 5.97 Å². The van der Waals surface area contributed by atoms with Crippen molar-refractivity contribution in [1.82, 2.24) is 0 Å². The van der Waals surface area contributed by atoms with Crippen molar-refractivity contribution in [2.24, 2.45) is 0 Å². The van der Waals surface area contributed by atoms with Crippen molar-refractivity contribution < 1.29 is 18.7 Å². The first-order valence-electron chi connectivity index (χ1n) is 8.19. The summed E-state index contributed by atoms with van der Waals surface area (Å²) in [6, 6.07) is 20.1. The zero-order chi connectivity index (χ0) is 18.2. The molecule has 0 amide bonds. The number of benzene rings is 2. The Kier molecular flexibility index (Phi) is 5.83. The molecule has 0 radical (unpaired) electrons. The fourth-order valence-corrected chi connectivity index (χ4v) is 2.32. The predicted molar refractivity (Wildman–Crippen MR) is 95.7 cm³/mol. The van der Waals surface area contributed by atoms with Gasteiger partial charge in [0.2, 0.25) is 11.2 Å². The molecule has 3 rings (SSSR count). The van der Waals surface area contributed by atoms with Crippen LogP contribution in [0.25, 0.3) is 0 Å². The Morgan fingerprint density at radius 3 is 2.19 bits per heavy atom. The van der Waals surface area contributed by atoms with E-state index in [9.17, 15) is 9.59 Å². The van der Waals surface area contributed by atoms with E-state index in [2.05, 4.69) is 0 Å². The van der Waals surface area contributed by atoms with Gasteiger partial charge in [-0.3, -0.25) is 9.59 Å². The van der Waals surface area contributed by atoms with Gasteiger partial charge < -0.3 is 13.9 Å². The summed E-state index contributed by atoms with van der Waals surface area (Å²) >= 11 is 0. The maximum Gasteiger partial charge on any atom is 0.310 e. The summed E-state index contributed by atoms with van der Waals surface area (Å²) in [6.07, 6.45) is 1.41. The number of hydrogen-bond donors (Lipinski definition) is 0. The van der Waals surface area contributed by atoms with Crippen molar-refractivity contribution in [3.05, 3.63) is 100 Å². The smallest absolute Gasteiger partial charge is 0.310 e. The van der Waals surface area contributed by atoms with Crippen LogP contribution in [0.4, 0.5) is 0 Å². The Balaban J connectivity index is 1.52. The monoisotopic (exact) mass is 350 g/mol. The largest absolute Gasteiger partial charge is 0.482 e. The quantitative estimate of drug-likeness (QED) is 0.610. The van der Waals surface area contributed by atoms with E-state index in [-0.39, 0.29) is 42.5 Å². The van der Waals surface area contributed by atoms with Crippen LogP contribution in [0.3, 0.4) is 0 Å². The minimum atomic E-state index is -0.386. The van der Waals surface area contributed by atoms with Gasteiger partial charge in [0, 0.05) is 6.07 Å². The fraction of sp³-hybridized carbons (Fsp3) is 0.143. The van der Waals surface area contributed by atoms with Crippen molar-refractivity contribution in [1.29, 1.82) is 0 Å². The van der Waals surface area contributed by atoms with Crippen LogP contribution in [0, 0.1) is 0 Å². The third-order valence-corrected chi connectivity index (χ3v) is 3.66. The molecular weight excluding hydrogens is 332 g/mol. The van der Waals surface area contributed by atoms with Crippen LogP contribution < -0.4 is 10.2 Å². The van der Waals surface area contributed by atoms with Crippen molar-refractivity contribution in [3.8, 4) is 5.75 Å². The SMILES string of the molecule is O=C(Cc1ccccc1)OCc1cc(=O)c(OCc2ccccc2)co1. The molecule has 5 heteroatoms. The summed E-state index contributed by atoms with van der Waals surface area (Å²) in [5.74, 6) is -0.0000546. The van der Waals surface area contributed by atoms with Crippen LogP contribution in [0.2, 0.25) is 0 Å². The molecule has 26 heavy (non-hydrogen) atoms. The maximum absolute atomic E-state index is 12.1. The van der Waals surface area contributed by atoms with Crippen molar-refractivity contribution in [3.63, 3.8) is 0 Å². The summed E-state index contributed by atoms with van der Waals surface area (Å²) in [6.45, 7) is 0.177. The molecular formula is C21H18O5. The predicted octanol–water partition coefficient (Wildman–Crippen LogP) is 3.50. The van der Waals surface area contributed by atoms with Gasteiger partial charge in [0.1, 0.15) is 25.2 Å². The number of hydrogen-bond acceptors (Lipinski definition) is 5. The maximum atomic E-state index is 12.1. The molecule has 0 bridgehead atoms. The van der Waals surface area contributed by atoms with Crippen molar-refractivity contribution in [2.75, 3.05) is 0 Å². The Morgan fingerprint density at radius 1 is 0.885 bits per heavy atom. The highest BCUT2D eigenvalue weighted by Gasteiger charge is 2.09. The number of ether oxygens (including phenoxy) is 2. The van der Waals surface area contributed by atoms with Gasteiger partial charge in [0.15, 0.2) is 0 Å². The Morgan fingerprint density at radius 2 is 1.54 bits per heavy atom. The molecule has 2 aromatic carbocycles. The molecule has 132 valence electrons. The second kappa shape index (κ2) is 8.67. The average molecular weight is 350 g/mol. The second-order valence-corrected chi connectivity index (χ2v) is 5.67. The third kappa shape index (κ3) is 5.08. The molecule has 1 aromatic heterocycles. The molecule has 0 saturated heterocycles. The highest BCUT2D eigenvalue weighted by atomic mass is 16.5. The molecule has 0 atom stereocenters. The molecule has 0 saturated carbocycles. The minimum absolute atomic E-state index is 0.0973. The third-order valence-electron chi connectivity index (χ3n) is 3.66. The van der Waals surface area contributed by atoms with E-state index in [1.54, 1.807) is 0 Å². The average Bonchev–Trinajstić information content (AvgIpc) is 2.67. The lowest BCUT2D eigenvalue weighted by Crippen LogP contribution is -2.11. The molecule has 0 N–H and O–H groups in total. The van der Waals surface area contributed by atoms with Crippen LogP contribution >= 0.6 is 0 Å². The summed E-state index contributed by atoms with van der Waals surface area (Å²) in [5, 5.41) is 0. The molecule has 5 nitrogen and oxygen atoms in total. The van der Waals surface area contributed by atoms with Crippen molar-refractivity contribution in [2.45, 2.75) is 19.6 Å². The molecule has 0 aliphatic heterocycles. The van der Waals surface area contributed by atoms with E-state index in [0.717, 1.165) is 11.1 Å². The lowest BCUT2D eigenvalue weighted by atomic mass is 10.2. The van der Waals surface area contributed by atoms with E-state index < -0.39 is 0 Å². The zero-order valence-corrected chi connectivity index (χ0v) is 14.1. The molecule has 0 aliphatic carbocycles. The summed E-state index contributed by atoms with van der Waals surface area (Å²) in [5.41, 5.74) is 1.50. The summed E-state index contributed by atoms with van der Waals surface area (Å²) in [7, 11) is 0. The van der Waals surface area contributed by atoms with Gasteiger partial charge in [0.05, 0.1) is 6.42 Å². The number of carbonyl (C=O) groups is 1. The van der Waals surface area contributed by atoms with E-state index in [0.29, 0.717) is 0 Å². The van der Waals surface area contributed by atoms with Crippen LogP contribution in [-0.4, -0.2) is 5.97 Å². The van der Waals surface area contributed by atoms with Crippen molar-refractivity contribution >= 4 is 5.97 Å². The first-order valence-corrected chi connectivity index (χ1v) is 8.19. The van der Waals surface area contributed by atoms with Gasteiger partial charge in [-0.2, -0.15) is 0 Å². The first-order chi connectivity index (χ1) is 12.7. The van der Waals surface area contributed by atoms with Crippen LogP contribution in [0.5, 0.6) is 5.75 Å². The van der Waals surface area contributed by atoms with E-state index in [1.807, 2.05) is 60.7 Å². The highest BCUT2D eigenvalue weighted by molar-refractivity contribution is 5.72. The summed E-state index contributed by atoms with van der Waals surface area (Å²) < 4.78 is 15.9. The number of esters is 1. The van der Waals surface area contributed by atoms with E-state index >= 15 is 0 Å². The Bertz CT molecular complexity index is 900. The number of rotatable bonds is 7. The van der Waals surface area contributed by atoms with E-state index in [1.165, 1.54) is 12.3 Å². The summed E-state index contributed by atoms with van der Waals surface area (Å²) in [4.78, 5) is 23.9. The molecule has 0 unspecified atom stereocenters.